The molecule has 0 bridgehead atoms. The number of fused-ring (bicyclic) bond motifs is 1. The lowest BCUT2D eigenvalue weighted by molar-refractivity contribution is 0.0786. The zero-order chi connectivity index (χ0) is 22.8. The molecule has 0 saturated heterocycles. The zero-order valence-electron chi connectivity index (χ0n) is 18.5. The minimum absolute atomic E-state index is 0.147. The Kier molecular flexibility index (Phi) is 5.73. The van der Waals surface area contributed by atoms with E-state index < -0.39 is 0 Å². The van der Waals surface area contributed by atoms with Gasteiger partial charge < -0.3 is 14.7 Å². The first-order chi connectivity index (χ1) is 15.4. The Hall–Kier alpha value is -4.00. The quantitative estimate of drug-likeness (QED) is 0.516. The van der Waals surface area contributed by atoms with Crippen molar-refractivity contribution in [2.24, 2.45) is 0 Å². The van der Waals surface area contributed by atoms with Gasteiger partial charge in [-0.1, -0.05) is 47.1 Å². The number of amides is 2. The molecule has 0 spiro atoms. The van der Waals surface area contributed by atoms with Gasteiger partial charge in [-0.25, -0.2) is 4.98 Å². The highest BCUT2D eigenvalue weighted by Gasteiger charge is 2.22. The molecular formula is C25H24N4O3. The molecule has 0 fully saturated rings. The van der Waals surface area contributed by atoms with Crippen LogP contribution >= 0.6 is 0 Å². The number of carbonyl (C=O) groups excluding carboxylic acids is 2. The molecular weight excluding hydrogens is 404 g/mol. The van der Waals surface area contributed by atoms with Crippen molar-refractivity contribution < 1.29 is 14.1 Å². The van der Waals surface area contributed by atoms with Crippen molar-refractivity contribution in [1.82, 2.24) is 20.4 Å². The van der Waals surface area contributed by atoms with Gasteiger partial charge in [0.1, 0.15) is 0 Å². The second kappa shape index (κ2) is 8.63. The van der Waals surface area contributed by atoms with Gasteiger partial charge in [-0.3, -0.25) is 9.59 Å². The van der Waals surface area contributed by atoms with Crippen LogP contribution in [0.15, 0.2) is 59.1 Å². The first-order valence-electron chi connectivity index (χ1n) is 10.3. The average molecular weight is 428 g/mol. The number of nitrogens with one attached hydrogen (secondary N) is 1. The van der Waals surface area contributed by atoms with E-state index in [9.17, 15) is 9.59 Å². The summed E-state index contributed by atoms with van der Waals surface area (Å²) < 4.78 is 5.40. The summed E-state index contributed by atoms with van der Waals surface area (Å²) in [7, 11) is 3.34. The van der Waals surface area contributed by atoms with Crippen LogP contribution in [-0.4, -0.2) is 41.0 Å². The van der Waals surface area contributed by atoms with Gasteiger partial charge in [0.25, 0.3) is 17.5 Å². The Morgan fingerprint density at radius 3 is 2.38 bits per heavy atom. The number of aryl methyl sites for hydroxylation is 2. The molecule has 2 amide bonds. The molecule has 32 heavy (non-hydrogen) atoms. The van der Waals surface area contributed by atoms with E-state index in [0.717, 1.165) is 16.7 Å². The standard InChI is InChI=1S/C25H24N4O3/c1-15-5-9-18(10-6-15)21-13-20(22-16(2)28-32-24(22)27-21)25(31)29(4)14-17-7-11-19(12-8-17)23(30)26-3/h5-13H,14H2,1-4H3,(H,26,30). The van der Waals surface area contributed by atoms with E-state index in [1.165, 1.54) is 0 Å². The van der Waals surface area contributed by atoms with Gasteiger partial charge in [-0.05, 0) is 37.6 Å². The van der Waals surface area contributed by atoms with Crippen molar-refractivity contribution in [2.45, 2.75) is 20.4 Å². The highest BCUT2D eigenvalue weighted by Crippen LogP contribution is 2.28. The second-order valence-electron chi connectivity index (χ2n) is 7.81. The lowest BCUT2D eigenvalue weighted by Gasteiger charge is -2.18. The van der Waals surface area contributed by atoms with E-state index in [0.29, 0.717) is 40.2 Å². The second-order valence-corrected chi connectivity index (χ2v) is 7.81. The van der Waals surface area contributed by atoms with Crippen molar-refractivity contribution in [2.75, 3.05) is 14.1 Å². The van der Waals surface area contributed by atoms with Crippen LogP contribution in [0.3, 0.4) is 0 Å². The Morgan fingerprint density at radius 1 is 1.03 bits per heavy atom. The molecule has 1 N–H and O–H groups in total. The number of hydrogen-bond acceptors (Lipinski definition) is 5. The maximum absolute atomic E-state index is 13.4. The lowest BCUT2D eigenvalue weighted by Crippen LogP contribution is -2.26. The summed E-state index contributed by atoms with van der Waals surface area (Å²) in [6.45, 7) is 4.21. The first kappa shape index (κ1) is 21.2. The van der Waals surface area contributed by atoms with E-state index in [2.05, 4.69) is 15.5 Å². The van der Waals surface area contributed by atoms with Gasteiger partial charge >= 0.3 is 0 Å². The molecule has 162 valence electrons. The topological polar surface area (TPSA) is 88.3 Å². The fraction of sp³-hybridized carbons (Fsp3) is 0.200. The molecule has 7 nitrogen and oxygen atoms in total. The van der Waals surface area contributed by atoms with Crippen molar-refractivity contribution in [3.05, 3.63) is 82.5 Å². The SMILES string of the molecule is CNC(=O)c1ccc(CN(C)C(=O)c2cc(-c3ccc(C)cc3)nc3onc(C)c23)cc1. The number of hydrogen-bond donors (Lipinski definition) is 1. The van der Waals surface area contributed by atoms with Crippen LogP contribution < -0.4 is 5.32 Å². The van der Waals surface area contributed by atoms with Gasteiger partial charge in [0.2, 0.25) is 0 Å². The van der Waals surface area contributed by atoms with Gasteiger partial charge in [-0.15, -0.1) is 0 Å². The van der Waals surface area contributed by atoms with Gasteiger partial charge in [0.05, 0.1) is 22.3 Å². The van der Waals surface area contributed by atoms with Crippen LogP contribution in [0.25, 0.3) is 22.4 Å². The molecule has 2 aromatic carbocycles. The predicted molar refractivity (Wildman–Crippen MR) is 122 cm³/mol. The Labute approximate surface area is 186 Å². The Balaban J connectivity index is 1.66. The van der Waals surface area contributed by atoms with Gasteiger partial charge in [0.15, 0.2) is 0 Å². The number of rotatable bonds is 5. The van der Waals surface area contributed by atoms with Crippen molar-refractivity contribution >= 4 is 22.9 Å². The molecule has 0 radical (unpaired) electrons. The number of carbonyl (C=O) groups is 2. The largest absolute Gasteiger partial charge is 0.355 e. The summed E-state index contributed by atoms with van der Waals surface area (Å²) >= 11 is 0. The summed E-state index contributed by atoms with van der Waals surface area (Å²) in [5.41, 5.74) is 5.64. The predicted octanol–water partition coefficient (Wildman–Crippen LogP) is 4.14. The number of aromatic nitrogens is 2. The Bertz CT molecular complexity index is 1290. The third-order valence-electron chi connectivity index (χ3n) is 5.40. The molecule has 0 aliphatic rings. The number of pyridine rings is 1. The van der Waals surface area contributed by atoms with Crippen molar-refractivity contribution in [3.8, 4) is 11.3 Å². The van der Waals surface area contributed by atoms with E-state index in [1.54, 1.807) is 44.1 Å². The van der Waals surface area contributed by atoms with E-state index in [4.69, 9.17) is 4.52 Å². The summed E-state index contributed by atoms with van der Waals surface area (Å²) in [6.07, 6.45) is 0. The zero-order valence-corrected chi connectivity index (χ0v) is 18.5. The monoisotopic (exact) mass is 428 g/mol. The van der Waals surface area contributed by atoms with E-state index in [1.807, 2.05) is 43.3 Å². The van der Waals surface area contributed by atoms with Crippen molar-refractivity contribution in [1.29, 1.82) is 0 Å². The normalized spacial score (nSPS) is 10.9. The molecule has 2 aromatic heterocycles. The minimum atomic E-state index is -0.160. The van der Waals surface area contributed by atoms with E-state index in [-0.39, 0.29) is 11.8 Å². The lowest BCUT2D eigenvalue weighted by atomic mass is 10.0. The number of nitrogens with zero attached hydrogens (tertiary/aromatic N) is 3. The third-order valence-corrected chi connectivity index (χ3v) is 5.40. The molecule has 4 rings (SSSR count). The highest BCUT2D eigenvalue weighted by atomic mass is 16.5. The van der Waals surface area contributed by atoms with Crippen LogP contribution in [0.4, 0.5) is 0 Å². The summed E-state index contributed by atoms with van der Waals surface area (Å²) in [6, 6.07) is 16.9. The van der Waals surface area contributed by atoms with E-state index >= 15 is 0 Å². The van der Waals surface area contributed by atoms with Crippen LogP contribution in [-0.2, 0) is 6.54 Å². The molecule has 7 heteroatoms. The molecule has 0 unspecified atom stereocenters. The average Bonchev–Trinajstić information content (AvgIpc) is 3.19. The third kappa shape index (κ3) is 4.09. The minimum Gasteiger partial charge on any atom is -0.355 e. The maximum atomic E-state index is 13.4. The fourth-order valence-corrected chi connectivity index (χ4v) is 3.59. The summed E-state index contributed by atoms with van der Waals surface area (Å²) in [4.78, 5) is 31.4. The van der Waals surface area contributed by atoms with Crippen LogP contribution in [0.5, 0.6) is 0 Å². The molecule has 0 aliphatic carbocycles. The molecule has 4 aromatic rings. The number of benzene rings is 2. The smallest absolute Gasteiger partial charge is 0.259 e. The molecule has 0 saturated carbocycles. The fourth-order valence-electron chi connectivity index (χ4n) is 3.59. The summed E-state index contributed by atoms with van der Waals surface area (Å²) in [5, 5.41) is 7.24. The van der Waals surface area contributed by atoms with Crippen LogP contribution in [0.1, 0.15) is 37.5 Å². The molecule has 2 heterocycles. The summed E-state index contributed by atoms with van der Waals surface area (Å²) in [5.74, 6) is -0.306. The first-order valence-corrected chi connectivity index (χ1v) is 10.3. The van der Waals surface area contributed by atoms with Crippen LogP contribution in [0.2, 0.25) is 0 Å². The highest BCUT2D eigenvalue weighted by molar-refractivity contribution is 6.06. The van der Waals surface area contributed by atoms with Gasteiger partial charge in [0, 0.05) is 31.8 Å². The van der Waals surface area contributed by atoms with Crippen molar-refractivity contribution in [3.63, 3.8) is 0 Å². The van der Waals surface area contributed by atoms with Crippen LogP contribution in [0, 0.1) is 13.8 Å². The molecule has 0 atom stereocenters. The maximum Gasteiger partial charge on any atom is 0.259 e. The Morgan fingerprint density at radius 2 is 1.72 bits per heavy atom. The molecule has 0 aliphatic heterocycles. The van der Waals surface area contributed by atoms with Gasteiger partial charge in [-0.2, -0.15) is 0 Å².